The number of halogens is 2. The molecule has 0 aliphatic carbocycles. The lowest BCUT2D eigenvalue weighted by molar-refractivity contribution is -0.134. The summed E-state index contributed by atoms with van der Waals surface area (Å²) in [5.41, 5.74) is 2.02. The fourth-order valence-electron chi connectivity index (χ4n) is 6.32. The van der Waals surface area contributed by atoms with E-state index in [0.29, 0.717) is 35.5 Å². The zero-order valence-electron chi connectivity index (χ0n) is 23.8. The Hall–Kier alpha value is -2.48. The van der Waals surface area contributed by atoms with Crippen molar-refractivity contribution in [2.75, 3.05) is 52.4 Å². The third-order valence-electron chi connectivity index (χ3n) is 8.67. The average Bonchev–Trinajstić information content (AvgIpc) is 3.71. The van der Waals surface area contributed by atoms with Gasteiger partial charge in [0.25, 0.3) is 0 Å². The molecule has 3 heterocycles. The number of rotatable bonds is 10. The molecule has 0 saturated carbocycles. The second-order valence-electron chi connectivity index (χ2n) is 11.5. The zero-order valence-corrected chi connectivity index (χ0v) is 25.3. The first-order valence-corrected chi connectivity index (χ1v) is 16.0. The highest BCUT2D eigenvalue weighted by molar-refractivity contribution is 6.35. The lowest BCUT2D eigenvalue weighted by Crippen LogP contribution is -2.54. The van der Waals surface area contributed by atoms with E-state index in [1.807, 2.05) is 17.0 Å². The highest BCUT2D eigenvalue weighted by atomic mass is 35.5. The van der Waals surface area contributed by atoms with Crippen molar-refractivity contribution in [2.24, 2.45) is 0 Å². The van der Waals surface area contributed by atoms with E-state index in [0.717, 1.165) is 69.7 Å². The van der Waals surface area contributed by atoms with Crippen LogP contribution >= 0.6 is 23.2 Å². The van der Waals surface area contributed by atoms with Crippen molar-refractivity contribution < 1.29 is 14.3 Å². The van der Waals surface area contributed by atoms with E-state index in [-0.39, 0.29) is 11.9 Å². The molecule has 1 atom stereocenters. The Labute approximate surface area is 254 Å². The number of nitrogens with zero attached hydrogens (tertiary/aromatic N) is 3. The number of para-hydroxylation sites is 1. The maximum absolute atomic E-state index is 13.8. The molecular formula is C32H42Cl2N4O3. The Bertz CT molecular complexity index is 1180. The van der Waals surface area contributed by atoms with Gasteiger partial charge in [-0.25, -0.2) is 4.79 Å². The van der Waals surface area contributed by atoms with Crippen molar-refractivity contribution >= 4 is 35.1 Å². The highest BCUT2D eigenvalue weighted by Gasteiger charge is 2.32. The van der Waals surface area contributed by atoms with Gasteiger partial charge in [-0.05, 0) is 93.3 Å². The Morgan fingerprint density at radius 2 is 1.61 bits per heavy atom. The molecule has 0 aromatic heterocycles. The van der Waals surface area contributed by atoms with Gasteiger partial charge in [-0.15, -0.1) is 0 Å². The SMILES string of the molecule is O=C(N[C@H](Cc1ccc(Cl)cc1Cl)C(=O)N1CCC(c2ccccc2OCCCN2CCCC2)CC1)N1CCCC1. The first-order chi connectivity index (χ1) is 20.0. The number of nitrogens with one attached hydrogen (secondary N) is 1. The van der Waals surface area contributed by atoms with E-state index in [2.05, 4.69) is 28.4 Å². The van der Waals surface area contributed by atoms with Crippen molar-refractivity contribution in [3.63, 3.8) is 0 Å². The molecule has 3 aliphatic heterocycles. The molecule has 3 amide bonds. The lowest BCUT2D eigenvalue weighted by Gasteiger charge is -2.35. The Morgan fingerprint density at radius 1 is 0.902 bits per heavy atom. The van der Waals surface area contributed by atoms with Gasteiger partial charge in [0.1, 0.15) is 11.8 Å². The van der Waals surface area contributed by atoms with Crippen molar-refractivity contribution in [1.29, 1.82) is 0 Å². The number of carbonyl (C=O) groups is 2. The second kappa shape index (κ2) is 14.6. The van der Waals surface area contributed by atoms with Crippen LogP contribution in [0.3, 0.4) is 0 Å². The van der Waals surface area contributed by atoms with Gasteiger partial charge in [-0.1, -0.05) is 47.5 Å². The average molecular weight is 602 g/mol. The van der Waals surface area contributed by atoms with Gasteiger partial charge in [-0.3, -0.25) is 4.79 Å². The van der Waals surface area contributed by atoms with Crippen molar-refractivity contribution in [3.05, 3.63) is 63.6 Å². The minimum Gasteiger partial charge on any atom is -0.493 e. The number of likely N-dealkylation sites (tertiary alicyclic amines) is 3. The molecule has 1 N–H and O–H groups in total. The smallest absolute Gasteiger partial charge is 0.318 e. The summed E-state index contributed by atoms with van der Waals surface area (Å²) in [4.78, 5) is 33.0. The molecule has 0 bridgehead atoms. The number of ether oxygens (including phenoxy) is 1. The maximum atomic E-state index is 13.8. The van der Waals surface area contributed by atoms with Crippen LogP contribution in [0.4, 0.5) is 4.79 Å². The highest BCUT2D eigenvalue weighted by Crippen LogP contribution is 2.34. The third kappa shape index (κ3) is 8.08. The van der Waals surface area contributed by atoms with Crippen LogP contribution in [0.15, 0.2) is 42.5 Å². The number of piperidine rings is 1. The van der Waals surface area contributed by atoms with Gasteiger partial charge in [0.05, 0.1) is 6.61 Å². The Morgan fingerprint density at radius 3 is 2.34 bits per heavy atom. The number of amides is 3. The van der Waals surface area contributed by atoms with E-state index >= 15 is 0 Å². The van der Waals surface area contributed by atoms with Crippen LogP contribution in [-0.4, -0.2) is 85.1 Å². The molecule has 2 aromatic carbocycles. The topological polar surface area (TPSA) is 65.1 Å². The fourth-order valence-corrected chi connectivity index (χ4v) is 6.81. The number of benzene rings is 2. The largest absolute Gasteiger partial charge is 0.493 e. The first kappa shape index (κ1) is 30.0. The van der Waals surface area contributed by atoms with E-state index in [4.69, 9.17) is 27.9 Å². The van der Waals surface area contributed by atoms with Crippen LogP contribution in [0, 0.1) is 0 Å². The van der Waals surface area contributed by atoms with Gasteiger partial charge >= 0.3 is 6.03 Å². The Balaban J connectivity index is 1.19. The van der Waals surface area contributed by atoms with Crippen LogP contribution in [0.25, 0.3) is 0 Å². The second-order valence-corrected chi connectivity index (χ2v) is 12.4. The minimum absolute atomic E-state index is 0.0616. The van der Waals surface area contributed by atoms with Gasteiger partial charge in [0.2, 0.25) is 5.91 Å². The van der Waals surface area contributed by atoms with Crippen molar-refractivity contribution in [3.8, 4) is 5.75 Å². The lowest BCUT2D eigenvalue weighted by atomic mass is 9.88. The maximum Gasteiger partial charge on any atom is 0.318 e. The first-order valence-electron chi connectivity index (χ1n) is 15.2. The predicted octanol–water partition coefficient (Wildman–Crippen LogP) is 5.98. The molecule has 7 nitrogen and oxygen atoms in total. The number of hydrogen-bond acceptors (Lipinski definition) is 4. The monoisotopic (exact) mass is 600 g/mol. The van der Waals surface area contributed by atoms with E-state index in [9.17, 15) is 9.59 Å². The molecule has 2 aromatic rings. The molecule has 3 saturated heterocycles. The zero-order chi connectivity index (χ0) is 28.6. The van der Waals surface area contributed by atoms with Crippen LogP contribution < -0.4 is 10.1 Å². The summed E-state index contributed by atoms with van der Waals surface area (Å²) in [7, 11) is 0. The summed E-state index contributed by atoms with van der Waals surface area (Å²) in [6.45, 7) is 6.95. The molecule has 0 radical (unpaired) electrons. The van der Waals surface area contributed by atoms with E-state index in [1.165, 1.54) is 31.5 Å². The molecule has 41 heavy (non-hydrogen) atoms. The minimum atomic E-state index is -0.690. The van der Waals surface area contributed by atoms with Gasteiger partial charge < -0.3 is 24.8 Å². The quantitative estimate of drug-likeness (QED) is 0.341. The summed E-state index contributed by atoms with van der Waals surface area (Å²) >= 11 is 12.6. The van der Waals surface area contributed by atoms with Gasteiger partial charge in [0, 0.05) is 49.2 Å². The van der Waals surface area contributed by atoms with E-state index in [1.54, 1.807) is 17.0 Å². The van der Waals surface area contributed by atoms with Crippen molar-refractivity contribution in [1.82, 2.24) is 20.0 Å². The predicted molar refractivity (Wildman–Crippen MR) is 164 cm³/mol. The van der Waals surface area contributed by atoms with Gasteiger partial charge in [-0.2, -0.15) is 0 Å². The van der Waals surface area contributed by atoms with Crippen LogP contribution in [0.1, 0.15) is 62.0 Å². The van der Waals surface area contributed by atoms with E-state index < -0.39 is 6.04 Å². The summed E-state index contributed by atoms with van der Waals surface area (Å²) in [6, 6.07) is 12.8. The van der Waals surface area contributed by atoms with Crippen LogP contribution in [-0.2, 0) is 11.2 Å². The number of carbonyl (C=O) groups excluding carboxylic acids is 2. The normalized spacial score (nSPS) is 19.0. The molecule has 9 heteroatoms. The molecule has 222 valence electrons. The summed E-state index contributed by atoms with van der Waals surface area (Å²) in [5, 5.41) is 4.07. The molecule has 3 aliphatic rings. The molecule has 0 spiro atoms. The van der Waals surface area contributed by atoms with Gasteiger partial charge in [0.15, 0.2) is 0 Å². The van der Waals surface area contributed by atoms with Crippen LogP contribution in [0.5, 0.6) is 5.75 Å². The summed E-state index contributed by atoms with van der Waals surface area (Å²) in [6.07, 6.45) is 7.67. The summed E-state index contributed by atoms with van der Waals surface area (Å²) in [5.74, 6) is 1.23. The Kier molecular flexibility index (Phi) is 10.7. The number of urea groups is 1. The fraction of sp³-hybridized carbons (Fsp3) is 0.562. The molecular weight excluding hydrogens is 559 g/mol. The molecule has 0 unspecified atom stereocenters. The molecule has 5 rings (SSSR count). The molecule has 3 fully saturated rings. The summed E-state index contributed by atoms with van der Waals surface area (Å²) < 4.78 is 6.26. The van der Waals surface area contributed by atoms with Crippen molar-refractivity contribution in [2.45, 2.75) is 63.3 Å². The number of hydrogen-bond donors (Lipinski definition) is 1. The standard InChI is InChI=1S/C32H42Cl2N4O3/c33-26-11-10-25(28(34)23-26)22-29(35-32(40)38-17-5-6-18-38)31(39)37-19-12-24(13-20-37)27-8-1-2-9-30(27)41-21-7-16-36-14-3-4-15-36/h1-2,8-11,23-24,29H,3-7,12-22H2,(H,35,40)/t29-/m1/s1. The third-order valence-corrected chi connectivity index (χ3v) is 9.26. The van der Waals surface area contributed by atoms with Crippen LogP contribution in [0.2, 0.25) is 10.0 Å².